The molecule has 4 nitrogen and oxygen atoms in total. The Kier molecular flexibility index (Phi) is 4.12. The van der Waals surface area contributed by atoms with Crippen LogP contribution in [-0.2, 0) is 10.0 Å². The minimum absolute atomic E-state index is 0.128. The van der Waals surface area contributed by atoms with Crippen LogP contribution in [0.2, 0.25) is 0 Å². The highest BCUT2D eigenvalue weighted by Gasteiger charge is 2.36. The third-order valence-corrected chi connectivity index (χ3v) is 7.06. The third kappa shape index (κ3) is 2.89. The second-order valence-corrected chi connectivity index (χ2v) is 8.30. The highest BCUT2D eigenvalue weighted by Crippen LogP contribution is 2.32. The summed E-state index contributed by atoms with van der Waals surface area (Å²) in [5.74, 6) is 0. The number of benzene rings is 1. The van der Waals surface area contributed by atoms with Crippen LogP contribution in [0.15, 0.2) is 52.1 Å². The first-order chi connectivity index (χ1) is 10.1. The fraction of sp³-hybridized carbons (Fsp3) is 0.333. The molecule has 1 aromatic carbocycles. The topological polar surface area (TPSA) is 40.6 Å². The van der Waals surface area contributed by atoms with Crippen LogP contribution >= 0.6 is 11.3 Å². The molecule has 0 N–H and O–H groups in total. The van der Waals surface area contributed by atoms with Crippen LogP contribution < -0.4 is 0 Å². The standard InChI is InChI=1S/C15H18N2O2S2/c1-16-9-10-17(21(18,19)15-8-5-11-20-15)14(12-16)13-6-3-2-4-7-13/h2-8,11,14H,9-10,12H2,1H3. The van der Waals surface area contributed by atoms with Crippen molar-refractivity contribution in [1.82, 2.24) is 9.21 Å². The first-order valence-corrected chi connectivity index (χ1v) is 9.20. The van der Waals surface area contributed by atoms with E-state index in [9.17, 15) is 8.42 Å². The smallest absolute Gasteiger partial charge is 0.253 e. The minimum Gasteiger partial charge on any atom is -0.303 e. The Labute approximate surface area is 129 Å². The summed E-state index contributed by atoms with van der Waals surface area (Å²) in [6.45, 7) is 2.00. The van der Waals surface area contributed by atoms with E-state index in [4.69, 9.17) is 0 Å². The molecule has 0 aliphatic carbocycles. The first-order valence-electron chi connectivity index (χ1n) is 6.88. The van der Waals surface area contributed by atoms with E-state index in [1.807, 2.05) is 37.4 Å². The largest absolute Gasteiger partial charge is 0.303 e. The fourth-order valence-corrected chi connectivity index (χ4v) is 5.38. The third-order valence-electron chi connectivity index (χ3n) is 3.78. The number of hydrogen-bond donors (Lipinski definition) is 0. The van der Waals surface area contributed by atoms with Crippen molar-refractivity contribution < 1.29 is 8.42 Å². The molecule has 0 bridgehead atoms. The summed E-state index contributed by atoms with van der Waals surface area (Å²) < 4.78 is 27.8. The molecule has 0 amide bonds. The van der Waals surface area contributed by atoms with Crippen molar-refractivity contribution in [2.45, 2.75) is 10.3 Å². The molecule has 1 aromatic heterocycles. The lowest BCUT2D eigenvalue weighted by Gasteiger charge is -2.39. The maximum atomic E-state index is 12.9. The van der Waals surface area contributed by atoms with Crippen LogP contribution in [0.1, 0.15) is 11.6 Å². The maximum Gasteiger partial charge on any atom is 0.253 e. The Morgan fingerprint density at radius 2 is 1.86 bits per heavy atom. The Hall–Kier alpha value is -1.21. The van der Waals surface area contributed by atoms with Gasteiger partial charge in [-0.3, -0.25) is 0 Å². The van der Waals surface area contributed by atoms with Crippen molar-refractivity contribution in [2.24, 2.45) is 0 Å². The lowest BCUT2D eigenvalue weighted by Crippen LogP contribution is -2.49. The molecular formula is C15H18N2O2S2. The molecule has 1 aliphatic heterocycles. The van der Waals surface area contributed by atoms with Crippen LogP contribution in [0.3, 0.4) is 0 Å². The highest BCUT2D eigenvalue weighted by molar-refractivity contribution is 7.91. The predicted molar refractivity (Wildman–Crippen MR) is 84.9 cm³/mol. The molecule has 6 heteroatoms. The zero-order valence-electron chi connectivity index (χ0n) is 11.8. The Balaban J connectivity index is 1.99. The summed E-state index contributed by atoms with van der Waals surface area (Å²) in [6.07, 6.45) is 0. The van der Waals surface area contributed by atoms with Gasteiger partial charge in [0.25, 0.3) is 10.0 Å². The summed E-state index contributed by atoms with van der Waals surface area (Å²) in [5, 5.41) is 1.81. The number of hydrogen-bond acceptors (Lipinski definition) is 4. The average Bonchev–Trinajstić information content (AvgIpc) is 3.03. The molecule has 2 aromatic rings. The van der Waals surface area contributed by atoms with E-state index in [1.165, 1.54) is 11.3 Å². The Morgan fingerprint density at radius 3 is 2.52 bits per heavy atom. The van der Waals surface area contributed by atoms with E-state index >= 15 is 0 Å². The molecule has 0 spiro atoms. The molecule has 1 aliphatic rings. The second kappa shape index (κ2) is 5.88. The van der Waals surface area contributed by atoms with Gasteiger partial charge in [0.05, 0.1) is 6.04 Å². The summed E-state index contributed by atoms with van der Waals surface area (Å²) in [4.78, 5) is 2.18. The van der Waals surface area contributed by atoms with Gasteiger partial charge < -0.3 is 4.90 Å². The van der Waals surface area contributed by atoms with Gasteiger partial charge in [-0.05, 0) is 24.1 Å². The van der Waals surface area contributed by atoms with Crippen molar-refractivity contribution in [1.29, 1.82) is 0 Å². The number of likely N-dealkylation sites (N-methyl/N-ethyl adjacent to an activating group) is 1. The predicted octanol–water partition coefficient (Wildman–Crippen LogP) is 2.43. The molecule has 1 unspecified atom stereocenters. The molecule has 1 fully saturated rings. The monoisotopic (exact) mass is 322 g/mol. The molecular weight excluding hydrogens is 304 g/mol. The molecule has 3 rings (SSSR count). The van der Waals surface area contributed by atoms with Gasteiger partial charge in [0.15, 0.2) is 0 Å². The van der Waals surface area contributed by atoms with Gasteiger partial charge in [-0.1, -0.05) is 36.4 Å². The quantitative estimate of drug-likeness (QED) is 0.871. The van der Waals surface area contributed by atoms with Crippen LogP contribution in [0, 0.1) is 0 Å². The lowest BCUT2D eigenvalue weighted by atomic mass is 10.1. The normalized spacial score (nSPS) is 21.5. The van der Waals surface area contributed by atoms with Crippen molar-refractivity contribution >= 4 is 21.4 Å². The van der Waals surface area contributed by atoms with Gasteiger partial charge in [-0.25, -0.2) is 8.42 Å². The van der Waals surface area contributed by atoms with E-state index in [1.54, 1.807) is 21.8 Å². The van der Waals surface area contributed by atoms with E-state index in [2.05, 4.69) is 4.90 Å². The van der Waals surface area contributed by atoms with Crippen LogP contribution in [0.4, 0.5) is 0 Å². The van der Waals surface area contributed by atoms with E-state index in [0.717, 1.165) is 12.1 Å². The summed E-state index contributed by atoms with van der Waals surface area (Å²) >= 11 is 1.28. The van der Waals surface area contributed by atoms with E-state index < -0.39 is 10.0 Å². The van der Waals surface area contributed by atoms with Crippen molar-refractivity contribution in [3.05, 3.63) is 53.4 Å². The van der Waals surface area contributed by atoms with Crippen LogP contribution in [-0.4, -0.2) is 44.3 Å². The molecule has 1 atom stereocenters. The van der Waals surface area contributed by atoms with Crippen molar-refractivity contribution in [3.63, 3.8) is 0 Å². The highest BCUT2D eigenvalue weighted by atomic mass is 32.2. The zero-order chi connectivity index (χ0) is 14.9. The Morgan fingerprint density at radius 1 is 1.10 bits per heavy atom. The van der Waals surface area contributed by atoms with Crippen molar-refractivity contribution in [2.75, 3.05) is 26.7 Å². The Bertz CT molecular complexity index is 684. The summed E-state index contributed by atoms with van der Waals surface area (Å²) in [5.41, 5.74) is 1.05. The van der Waals surface area contributed by atoms with Crippen LogP contribution in [0.25, 0.3) is 0 Å². The first kappa shape index (κ1) is 14.7. The van der Waals surface area contributed by atoms with Gasteiger partial charge >= 0.3 is 0 Å². The van der Waals surface area contributed by atoms with Crippen LogP contribution in [0.5, 0.6) is 0 Å². The maximum absolute atomic E-state index is 12.9. The zero-order valence-corrected chi connectivity index (χ0v) is 13.5. The molecule has 0 saturated carbocycles. The van der Waals surface area contributed by atoms with E-state index in [-0.39, 0.29) is 6.04 Å². The van der Waals surface area contributed by atoms with Crippen molar-refractivity contribution in [3.8, 4) is 0 Å². The fourth-order valence-electron chi connectivity index (χ4n) is 2.66. The average molecular weight is 322 g/mol. The van der Waals surface area contributed by atoms with E-state index in [0.29, 0.717) is 17.3 Å². The SMILES string of the molecule is CN1CCN(S(=O)(=O)c2cccs2)C(c2ccccc2)C1. The van der Waals surface area contributed by atoms with Gasteiger partial charge in [-0.2, -0.15) is 4.31 Å². The van der Waals surface area contributed by atoms with Gasteiger partial charge in [0.2, 0.25) is 0 Å². The number of thiophene rings is 1. The molecule has 0 radical (unpaired) electrons. The molecule has 1 saturated heterocycles. The molecule has 112 valence electrons. The number of sulfonamides is 1. The lowest BCUT2D eigenvalue weighted by molar-refractivity contribution is 0.161. The number of piperazine rings is 1. The summed E-state index contributed by atoms with van der Waals surface area (Å²) in [7, 11) is -1.38. The summed E-state index contributed by atoms with van der Waals surface area (Å²) in [6, 6.07) is 13.2. The van der Waals surface area contributed by atoms with Gasteiger partial charge in [0, 0.05) is 19.6 Å². The van der Waals surface area contributed by atoms with Gasteiger partial charge in [-0.15, -0.1) is 11.3 Å². The number of nitrogens with zero attached hydrogens (tertiary/aromatic N) is 2. The van der Waals surface area contributed by atoms with Gasteiger partial charge in [0.1, 0.15) is 4.21 Å². The molecule has 21 heavy (non-hydrogen) atoms. The second-order valence-electron chi connectivity index (χ2n) is 5.24. The molecule has 2 heterocycles. The minimum atomic E-state index is -3.41. The number of rotatable bonds is 3.